The van der Waals surface area contributed by atoms with E-state index < -0.39 is 0 Å². The zero-order valence-corrected chi connectivity index (χ0v) is 11.8. The predicted octanol–water partition coefficient (Wildman–Crippen LogP) is 4.18. The van der Waals surface area contributed by atoms with Crippen LogP contribution in [0.2, 0.25) is 0 Å². The molecule has 1 heteroatoms. The Morgan fingerprint density at radius 3 is 1.87 bits per heavy atom. The molecule has 0 radical (unpaired) electrons. The van der Waals surface area contributed by atoms with Gasteiger partial charge in [-0.3, -0.25) is 0 Å². The first-order valence-corrected chi connectivity index (χ1v) is 6.68. The van der Waals surface area contributed by atoms with E-state index in [9.17, 15) is 0 Å². The molecule has 0 aromatic heterocycles. The third kappa shape index (κ3) is 6.19. The summed E-state index contributed by atoms with van der Waals surface area (Å²) in [5, 5.41) is 0. The second-order valence-electron chi connectivity index (χ2n) is 5.64. The highest BCUT2D eigenvalue weighted by Crippen LogP contribution is 2.32. The SMILES string of the molecule is CCC(CCCN(CC)CC)C(C)(C)C. The van der Waals surface area contributed by atoms with Gasteiger partial charge in [-0.2, -0.15) is 0 Å². The minimum Gasteiger partial charge on any atom is -0.304 e. The Kier molecular flexibility index (Phi) is 7.25. The molecular formula is C14H31N. The van der Waals surface area contributed by atoms with E-state index >= 15 is 0 Å². The van der Waals surface area contributed by atoms with Gasteiger partial charge in [-0.1, -0.05) is 48.0 Å². The van der Waals surface area contributed by atoms with Gasteiger partial charge in [-0.05, 0) is 43.8 Å². The zero-order chi connectivity index (χ0) is 11.9. The van der Waals surface area contributed by atoms with Gasteiger partial charge in [0.05, 0.1) is 0 Å². The van der Waals surface area contributed by atoms with E-state index in [0.29, 0.717) is 5.41 Å². The van der Waals surface area contributed by atoms with Crippen LogP contribution in [0.1, 0.15) is 60.8 Å². The second-order valence-corrected chi connectivity index (χ2v) is 5.64. The van der Waals surface area contributed by atoms with Crippen LogP contribution in [0.3, 0.4) is 0 Å². The van der Waals surface area contributed by atoms with Crippen LogP contribution in [0.25, 0.3) is 0 Å². The summed E-state index contributed by atoms with van der Waals surface area (Å²) in [6.45, 7) is 17.6. The van der Waals surface area contributed by atoms with E-state index in [4.69, 9.17) is 0 Å². The van der Waals surface area contributed by atoms with E-state index in [1.54, 1.807) is 0 Å². The Morgan fingerprint density at radius 1 is 1.00 bits per heavy atom. The molecule has 0 spiro atoms. The Labute approximate surface area is 97.2 Å². The van der Waals surface area contributed by atoms with Gasteiger partial charge in [0.25, 0.3) is 0 Å². The third-order valence-electron chi connectivity index (χ3n) is 3.64. The first-order valence-electron chi connectivity index (χ1n) is 6.68. The summed E-state index contributed by atoms with van der Waals surface area (Å²) in [6, 6.07) is 0. The molecule has 0 aromatic rings. The fraction of sp³-hybridized carbons (Fsp3) is 1.00. The van der Waals surface area contributed by atoms with Gasteiger partial charge in [0.2, 0.25) is 0 Å². The molecule has 0 saturated heterocycles. The second kappa shape index (κ2) is 7.27. The molecule has 92 valence electrons. The molecule has 0 aromatic carbocycles. The fourth-order valence-electron chi connectivity index (χ4n) is 2.35. The van der Waals surface area contributed by atoms with E-state index in [1.165, 1.54) is 38.9 Å². The quantitative estimate of drug-likeness (QED) is 0.613. The normalized spacial score (nSPS) is 14.6. The minimum atomic E-state index is 0.484. The first kappa shape index (κ1) is 15.0. The van der Waals surface area contributed by atoms with Crippen molar-refractivity contribution < 1.29 is 0 Å². The molecule has 1 unspecified atom stereocenters. The van der Waals surface area contributed by atoms with E-state index in [-0.39, 0.29) is 0 Å². The average molecular weight is 213 g/mol. The van der Waals surface area contributed by atoms with Crippen molar-refractivity contribution in [2.24, 2.45) is 11.3 Å². The number of hydrogen-bond donors (Lipinski definition) is 0. The molecule has 0 heterocycles. The van der Waals surface area contributed by atoms with Crippen LogP contribution in [-0.4, -0.2) is 24.5 Å². The summed E-state index contributed by atoms with van der Waals surface area (Å²) < 4.78 is 0. The molecular weight excluding hydrogens is 182 g/mol. The Morgan fingerprint density at radius 2 is 1.53 bits per heavy atom. The van der Waals surface area contributed by atoms with Crippen molar-refractivity contribution in [1.82, 2.24) is 4.90 Å². The largest absolute Gasteiger partial charge is 0.304 e. The van der Waals surface area contributed by atoms with Gasteiger partial charge in [0, 0.05) is 0 Å². The van der Waals surface area contributed by atoms with Crippen LogP contribution in [0, 0.1) is 11.3 Å². The van der Waals surface area contributed by atoms with Crippen LogP contribution < -0.4 is 0 Å². The maximum absolute atomic E-state index is 2.52. The smallest absolute Gasteiger partial charge is 0.00189 e. The molecule has 0 saturated carbocycles. The monoisotopic (exact) mass is 213 g/mol. The number of nitrogens with zero attached hydrogens (tertiary/aromatic N) is 1. The van der Waals surface area contributed by atoms with Crippen molar-refractivity contribution in [2.45, 2.75) is 60.8 Å². The topological polar surface area (TPSA) is 3.24 Å². The van der Waals surface area contributed by atoms with Gasteiger partial charge in [0.15, 0.2) is 0 Å². The molecule has 0 aliphatic rings. The van der Waals surface area contributed by atoms with Crippen LogP contribution in [0.15, 0.2) is 0 Å². The van der Waals surface area contributed by atoms with Crippen molar-refractivity contribution in [3.05, 3.63) is 0 Å². The van der Waals surface area contributed by atoms with Crippen molar-refractivity contribution >= 4 is 0 Å². The van der Waals surface area contributed by atoms with Crippen LogP contribution in [-0.2, 0) is 0 Å². The fourth-order valence-corrected chi connectivity index (χ4v) is 2.35. The summed E-state index contributed by atoms with van der Waals surface area (Å²) >= 11 is 0. The third-order valence-corrected chi connectivity index (χ3v) is 3.64. The molecule has 0 N–H and O–H groups in total. The zero-order valence-electron chi connectivity index (χ0n) is 11.8. The molecule has 0 bridgehead atoms. The highest BCUT2D eigenvalue weighted by Gasteiger charge is 2.22. The van der Waals surface area contributed by atoms with E-state index in [1.807, 2.05) is 0 Å². The van der Waals surface area contributed by atoms with Crippen LogP contribution >= 0.6 is 0 Å². The number of hydrogen-bond acceptors (Lipinski definition) is 1. The Hall–Kier alpha value is -0.0400. The van der Waals surface area contributed by atoms with Gasteiger partial charge in [-0.25, -0.2) is 0 Å². The molecule has 0 rings (SSSR count). The van der Waals surface area contributed by atoms with E-state index in [0.717, 1.165) is 5.92 Å². The highest BCUT2D eigenvalue weighted by molar-refractivity contribution is 4.73. The van der Waals surface area contributed by atoms with Gasteiger partial charge in [0.1, 0.15) is 0 Å². The summed E-state index contributed by atoms with van der Waals surface area (Å²) in [6.07, 6.45) is 4.07. The summed E-state index contributed by atoms with van der Waals surface area (Å²) in [5.41, 5.74) is 0.484. The Bertz CT molecular complexity index is 142. The molecule has 0 aliphatic heterocycles. The lowest BCUT2D eigenvalue weighted by Crippen LogP contribution is -2.26. The minimum absolute atomic E-state index is 0.484. The molecule has 0 fully saturated rings. The van der Waals surface area contributed by atoms with Gasteiger partial charge < -0.3 is 4.90 Å². The predicted molar refractivity (Wildman–Crippen MR) is 70.3 cm³/mol. The van der Waals surface area contributed by atoms with Crippen molar-refractivity contribution in [2.75, 3.05) is 19.6 Å². The maximum Gasteiger partial charge on any atom is -0.00189 e. The lowest BCUT2D eigenvalue weighted by molar-refractivity contribution is 0.200. The van der Waals surface area contributed by atoms with Crippen molar-refractivity contribution in [3.63, 3.8) is 0 Å². The highest BCUT2D eigenvalue weighted by atomic mass is 15.1. The summed E-state index contributed by atoms with van der Waals surface area (Å²) in [5.74, 6) is 0.882. The molecule has 0 aliphatic carbocycles. The van der Waals surface area contributed by atoms with Gasteiger partial charge >= 0.3 is 0 Å². The number of rotatable bonds is 7. The summed E-state index contributed by atoms with van der Waals surface area (Å²) in [4.78, 5) is 2.52. The van der Waals surface area contributed by atoms with E-state index in [2.05, 4.69) is 46.4 Å². The average Bonchev–Trinajstić information content (AvgIpc) is 2.16. The lowest BCUT2D eigenvalue weighted by atomic mass is 9.76. The van der Waals surface area contributed by atoms with Crippen LogP contribution in [0.5, 0.6) is 0 Å². The molecule has 1 nitrogen and oxygen atoms in total. The Balaban J connectivity index is 3.82. The van der Waals surface area contributed by atoms with Crippen LogP contribution in [0.4, 0.5) is 0 Å². The van der Waals surface area contributed by atoms with Crippen molar-refractivity contribution in [3.8, 4) is 0 Å². The maximum atomic E-state index is 2.52. The summed E-state index contributed by atoms with van der Waals surface area (Å²) in [7, 11) is 0. The molecule has 0 amide bonds. The molecule has 15 heavy (non-hydrogen) atoms. The van der Waals surface area contributed by atoms with Crippen molar-refractivity contribution in [1.29, 1.82) is 0 Å². The van der Waals surface area contributed by atoms with Gasteiger partial charge in [-0.15, -0.1) is 0 Å². The lowest BCUT2D eigenvalue weighted by Gasteiger charge is -2.30. The standard InChI is InChI=1S/C14H31N/c1-7-13(14(4,5)6)11-10-12-15(8-2)9-3/h13H,7-12H2,1-6H3. The molecule has 1 atom stereocenters. The first-order chi connectivity index (χ1) is 6.95.